The average molecular weight is 559 g/mol. The lowest BCUT2D eigenvalue weighted by molar-refractivity contribution is 0.145. The van der Waals surface area contributed by atoms with Gasteiger partial charge in [-0.25, -0.2) is 0 Å². The predicted molar refractivity (Wildman–Crippen MR) is 162 cm³/mol. The Morgan fingerprint density at radius 1 is 0.425 bits per heavy atom. The Balaban J connectivity index is 1.63. The number of aliphatic hydroxyl groups is 2. The van der Waals surface area contributed by atoms with Crippen LogP contribution in [-0.4, -0.2) is 10.2 Å². The Bertz CT molecular complexity index is 1630. The molecule has 0 fully saturated rings. The van der Waals surface area contributed by atoms with Crippen molar-refractivity contribution in [2.24, 2.45) is 0 Å². The van der Waals surface area contributed by atoms with Crippen molar-refractivity contribution in [2.45, 2.75) is 11.2 Å². The topological polar surface area (TPSA) is 40.5 Å². The van der Waals surface area contributed by atoms with Gasteiger partial charge in [-0.05, 0) is 24.3 Å². The van der Waals surface area contributed by atoms with E-state index in [9.17, 15) is 10.2 Å². The third kappa shape index (κ3) is 5.54. The Hall–Kier alpha value is -4.28. The first kappa shape index (κ1) is 27.3. The quantitative estimate of drug-likeness (QED) is 0.223. The molecule has 0 saturated carbocycles. The van der Waals surface area contributed by atoms with Crippen molar-refractivity contribution >= 4 is 23.2 Å². The maximum Gasteiger partial charge on any atom is 0.178 e. The van der Waals surface area contributed by atoms with Gasteiger partial charge in [0.1, 0.15) is 0 Å². The smallest absolute Gasteiger partial charge is 0.178 e. The third-order valence-corrected chi connectivity index (χ3v) is 7.25. The standard InChI is InChI=1S/C36H24Cl2O2/c37-33-21-11-9-19-31(33)35(39,29-15-3-1-4-16-29)25-23-27-13-7-8-14-28(27)24-26-36(40,30-17-5-2-6-18-30)32-20-10-12-22-34(32)38/h1-22,39-40H. The van der Waals surface area contributed by atoms with Gasteiger partial charge in [-0.1, -0.05) is 156 Å². The first-order valence-corrected chi connectivity index (χ1v) is 13.4. The highest BCUT2D eigenvalue weighted by atomic mass is 35.5. The second kappa shape index (κ2) is 11.8. The van der Waals surface area contributed by atoms with E-state index in [2.05, 4.69) is 23.7 Å². The molecule has 5 aromatic carbocycles. The SMILES string of the molecule is OC(C#Cc1ccccc1C#CC(O)(c1ccccc1)c1ccccc1Cl)(c1ccccc1)c1ccccc1Cl. The highest BCUT2D eigenvalue weighted by Gasteiger charge is 2.32. The Kier molecular flexibility index (Phi) is 8.09. The van der Waals surface area contributed by atoms with Crippen LogP contribution in [0.4, 0.5) is 0 Å². The molecule has 0 aliphatic carbocycles. The van der Waals surface area contributed by atoms with E-state index in [0.29, 0.717) is 43.4 Å². The largest absolute Gasteiger partial charge is 0.369 e. The van der Waals surface area contributed by atoms with E-state index in [4.69, 9.17) is 23.2 Å². The molecule has 0 aromatic heterocycles. The van der Waals surface area contributed by atoms with Crippen LogP contribution < -0.4 is 0 Å². The maximum absolute atomic E-state index is 11.9. The molecule has 4 heteroatoms. The average Bonchev–Trinajstić information content (AvgIpc) is 3.00. The first-order valence-electron chi connectivity index (χ1n) is 12.6. The molecule has 0 radical (unpaired) electrons. The van der Waals surface area contributed by atoms with Crippen LogP contribution in [0.5, 0.6) is 0 Å². The van der Waals surface area contributed by atoms with Crippen molar-refractivity contribution < 1.29 is 10.2 Å². The first-order chi connectivity index (χ1) is 19.4. The minimum atomic E-state index is -1.66. The van der Waals surface area contributed by atoms with E-state index >= 15 is 0 Å². The minimum absolute atomic E-state index is 0.406. The molecule has 2 nitrogen and oxygen atoms in total. The summed E-state index contributed by atoms with van der Waals surface area (Å²) in [6, 6.07) is 40.0. The highest BCUT2D eigenvalue weighted by Crippen LogP contribution is 2.35. The molecule has 2 unspecified atom stereocenters. The fourth-order valence-corrected chi connectivity index (χ4v) is 5.02. The summed E-state index contributed by atoms with van der Waals surface area (Å²) in [4.78, 5) is 0. The van der Waals surface area contributed by atoms with Gasteiger partial charge in [0.2, 0.25) is 0 Å². The zero-order chi connectivity index (χ0) is 28.0. The molecule has 194 valence electrons. The molecule has 0 bridgehead atoms. The van der Waals surface area contributed by atoms with Gasteiger partial charge in [0.05, 0.1) is 0 Å². The van der Waals surface area contributed by atoms with Gasteiger partial charge < -0.3 is 10.2 Å². The van der Waals surface area contributed by atoms with Gasteiger partial charge in [0, 0.05) is 43.4 Å². The molecule has 2 N–H and O–H groups in total. The third-order valence-electron chi connectivity index (χ3n) is 6.59. The minimum Gasteiger partial charge on any atom is -0.369 e. The van der Waals surface area contributed by atoms with Gasteiger partial charge >= 0.3 is 0 Å². The molecule has 0 aliphatic heterocycles. The van der Waals surface area contributed by atoms with Crippen molar-refractivity contribution in [3.63, 3.8) is 0 Å². The van der Waals surface area contributed by atoms with Crippen LogP contribution in [0.25, 0.3) is 0 Å². The molecule has 2 atom stereocenters. The second-order valence-corrected chi connectivity index (χ2v) is 9.97. The fourth-order valence-electron chi connectivity index (χ4n) is 4.47. The zero-order valence-electron chi connectivity index (χ0n) is 21.4. The van der Waals surface area contributed by atoms with Crippen molar-refractivity contribution in [1.29, 1.82) is 0 Å². The normalized spacial score (nSPS) is 13.5. The van der Waals surface area contributed by atoms with Crippen LogP contribution >= 0.6 is 23.2 Å². The van der Waals surface area contributed by atoms with Crippen LogP contribution in [0.3, 0.4) is 0 Å². The van der Waals surface area contributed by atoms with E-state index in [1.54, 1.807) is 24.3 Å². The fraction of sp³-hybridized carbons (Fsp3) is 0.0556. The Morgan fingerprint density at radius 3 is 1.12 bits per heavy atom. The maximum atomic E-state index is 11.9. The summed E-state index contributed by atoms with van der Waals surface area (Å²) in [5.41, 5.74) is 0.00200. The predicted octanol–water partition coefficient (Wildman–Crippen LogP) is 7.57. The van der Waals surface area contributed by atoms with Gasteiger partial charge in [-0.15, -0.1) is 0 Å². The van der Waals surface area contributed by atoms with Gasteiger partial charge in [-0.3, -0.25) is 0 Å². The summed E-state index contributed by atoms with van der Waals surface area (Å²) in [5.74, 6) is 12.4. The van der Waals surface area contributed by atoms with E-state index in [1.807, 2.05) is 109 Å². The lowest BCUT2D eigenvalue weighted by Crippen LogP contribution is -2.26. The van der Waals surface area contributed by atoms with Crippen LogP contribution in [0.2, 0.25) is 10.0 Å². The summed E-state index contributed by atoms with van der Waals surface area (Å²) in [7, 11) is 0. The molecule has 5 rings (SSSR count). The lowest BCUT2D eigenvalue weighted by Gasteiger charge is -2.25. The summed E-state index contributed by atoms with van der Waals surface area (Å²) in [5, 5.41) is 24.7. The van der Waals surface area contributed by atoms with Crippen LogP contribution in [-0.2, 0) is 11.2 Å². The molecule has 0 amide bonds. The summed E-state index contributed by atoms with van der Waals surface area (Å²) >= 11 is 13.0. The highest BCUT2D eigenvalue weighted by molar-refractivity contribution is 6.31. The van der Waals surface area contributed by atoms with Crippen molar-refractivity contribution in [3.05, 3.63) is 177 Å². The molecule has 5 aromatic rings. The lowest BCUT2D eigenvalue weighted by atomic mass is 9.86. The van der Waals surface area contributed by atoms with Gasteiger partial charge in [-0.2, -0.15) is 0 Å². The van der Waals surface area contributed by atoms with E-state index in [0.717, 1.165) is 0 Å². The zero-order valence-corrected chi connectivity index (χ0v) is 22.9. The molecule has 0 aliphatic rings. The van der Waals surface area contributed by atoms with E-state index < -0.39 is 11.2 Å². The van der Waals surface area contributed by atoms with Crippen LogP contribution in [0.1, 0.15) is 33.4 Å². The summed E-state index contributed by atoms with van der Waals surface area (Å²) < 4.78 is 0. The molecular weight excluding hydrogens is 535 g/mol. The molecule has 40 heavy (non-hydrogen) atoms. The van der Waals surface area contributed by atoms with Crippen LogP contribution in [0.15, 0.2) is 133 Å². The Morgan fingerprint density at radius 2 is 0.750 bits per heavy atom. The molecule has 0 saturated heterocycles. The van der Waals surface area contributed by atoms with Crippen LogP contribution in [0, 0.1) is 23.7 Å². The Labute approximate surface area is 244 Å². The number of rotatable bonds is 4. The monoisotopic (exact) mass is 558 g/mol. The van der Waals surface area contributed by atoms with E-state index in [-0.39, 0.29) is 0 Å². The van der Waals surface area contributed by atoms with Gasteiger partial charge in [0.25, 0.3) is 0 Å². The summed E-state index contributed by atoms with van der Waals surface area (Å²) in [6.07, 6.45) is 0. The second-order valence-electron chi connectivity index (χ2n) is 9.16. The van der Waals surface area contributed by atoms with Gasteiger partial charge in [0.15, 0.2) is 11.2 Å². The van der Waals surface area contributed by atoms with E-state index in [1.165, 1.54) is 0 Å². The van der Waals surface area contributed by atoms with Crippen molar-refractivity contribution in [1.82, 2.24) is 0 Å². The number of hydrogen-bond acceptors (Lipinski definition) is 2. The number of hydrogen-bond donors (Lipinski definition) is 2. The summed E-state index contributed by atoms with van der Waals surface area (Å²) in [6.45, 7) is 0. The van der Waals surface area contributed by atoms with Crippen molar-refractivity contribution in [2.75, 3.05) is 0 Å². The molecule has 0 heterocycles. The number of halogens is 2. The molecular formula is C36H24Cl2O2. The van der Waals surface area contributed by atoms with Crippen molar-refractivity contribution in [3.8, 4) is 23.7 Å². The number of benzene rings is 5. The molecule has 0 spiro atoms.